The van der Waals surface area contributed by atoms with Gasteiger partial charge in [0.25, 0.3) is 0 Å². The highest BCUT2D eigenvalue weighted by Gasteiger charge is 2.51. The van der Waals surface area contributed by atoms with Gasteiger partial charge in [-0.25, -0.2) is 13.2 Å². The molecule has 1 heterocycles. The molecule has 1 aliphatic carbocycles. The summed E-state index contributed by atoms with van der Waals surface area (Å²) in [6.07, 6.45) is -0.242. The van der Waals surface area contributed by atoms with Gasteiger partial charge in [0.15, 0.2) is 5.79 Å². The first-order valence-electron chi connectivity index (χ1n) is 9.89. The summed E-state index contributed by atoms with van der Waals surface area (Å²) in [5.74, 6) is -2.25. The maximum Gasteiger partial charge on any atom is 0.335 e. The number of carbonyl (C=O) groups is 1. The van der Waals surface area contributed by atoms with Crippen LogP contribution in [0.15, 0.2) is 29.8 Å². The lowest BCUT2D eigenvalue weighted by atomic mass is 9.94. The number of hydrogen-bond donors (Lipinski definition) is 3. The lowest BCUT2D eigenvalue weighted by Crippen LogP contribution is -2.42. The standard InChI is InChI=1S/C20H26ClNO8S/c1-3-28-19(25)13-9-20(29-16(10-23)17(11-24)30-20)7-6-18(13)31(26,27)22-15-5-4-12(2)8-14(15)21/h4-5,8-9,16-18,22-24H,3,6-7,10-11H2,1-2H3/t16-,17-,18?/m1/s1. The van der Waals surface area contributed by atoms with E-state index in [2.05, 4.69) is 4.72 Å². The van der Waals surface area contributed by atoms with Crippen molar-refractivity contribution in [3.05, 3.63) is 40.4 Å². The minimum atomic E-state index is -4.08. The number of benzene rings is 1. The summed E-state index contributed by atoms with van der Waals surface area (Å²) in [4.78, 5) is 12.6. The van der Waals surface area contributed by atoms with Gasteiger partial charge in [-0.2, -0.15) is 0 Å². The fourth-order valence-corrected chi connectivity index (χ4v) is 5.62. The van der Waals surface area contributed by atoms with E-state index in [1.807, 2.05) is 6.92 Å². The molecular weight excluding hydrogens is 450 g/mol. The van der Waals surface area contributed by atoms with Crippen LogP contribution in [0.2, 0.25) is 5.02 Å². The van der Waals surface area contributed by atoms with Gasteiger partial charge in [-0.05, 0) is 44.0 Å². The Kier molecular flexibility index (Phi) is 7.29. The number of rotatable bonds is 7. The normalized spacial score (nSPS) is 25.3. The van der Waals surface area contributed by atoms with E-state index in [9.17, 15) is 23.4 Å². The summed E-state index contributed by atoms with van der Waals surface area (Å²) < 4.78 is 45.4. The number of aliphatic hydroxyl groups is 2. The van der Waals surface area contributed by atoms with E-state index in [0.29, 0.717) is 0 Å². The summed E-state index contributed by atoms with van der Waals surface area (Å²) in [7, 11) is -4.08. The third-order valence-electron chi connectivity index (χ3n) is 5.22. The highest BCUT2D eigenvalue weighted by molar-refractivity contribution is 7.93. The minimum absolute atomic E-state index is 0.0141. The van der Waals surface area contributed by atoms with Crippen LogP contribution < -0.4 is 4.72 Å². The second-order valence-electron chi connectivity index (χ2n) is 7.47. The molecule has 0 bridgehead atoms. The highest BCUT2D eigenvalue weighted by Crippen LogP contribution is 2.41. The Labute approximate surface area is 186 Å². The third kappa shape index (κ3) is 5.05. The van der Waals surface area contributed by atoms with Gasteiger partial charge in [0, 0.05) is 6.42 Å². The predicted octanol–water partition coefficient (Wildman–Crippen LogP) is 1.51. The molecule has 3 rings (SSSR count). The lowest BCUT2D eigenvalue weighted by molar-refractivity contribution is -0.154. The summed E-state index contributed by atoms with van der Waals surface area (Å²) in [6.45, 7) is 2.69. The topological polar surface area (TPSA) is 131 Å². The third-order valence-corrected chi connectivity index (χ3v) is 7.27. The SMILES string of the molecule is CCOC(=O)C1=CC2(CCC1S(=O)(=O)Nc1ccc(C)cc1Cl)O[C@H](CO)[C@@H](CO)O2. The smallest absolute Gasteiger partial charge is 0.335 e. The summed E-state index contributed by atoms with van der Waals surface area (Å²) in [6, 6.07) is 4.89. The summed E-state index contributed by atoms with van der Waals surface area (Å²) in [5, 5.41) is 18.0. The monoisotopic (exact) mass is 475 g/mol. The average molecular weight is 476 g/mol. The number of ether oxygens (including phenoxy) is 3. The molecule has 0 aromatic heterocycles. The van der Waals surface area contributed by atoms with Crippen LogP contribution in [0, 0.1) is 6.92 Å². The van der Waals surface area contributed by atoms with Crippen LogP contribution in [0.1, 0.15) is 25.3 Å². The van der Waals surface area contributed by atoms with Crippen LogP contribution in [0.4, 0.5) is 5.69 Å². The Bertz CT molecular complexity index is 952. The van der Waals surface area contributed by atoms with E-state index in [0.717, 1.165) is 5.56 Å². The Hall–Kier alpha value is -1.69. The minimum Gasteiger partial charge on any atom is -0.463 e. The van der Waals surface area contributed by atoms with E-state index >= 15 is 0 Å². The number of carbonyl (C=O) groups excluding carboxylic acids is 1. The zero-order valence-corrected chi connectivity index (χ0v) is 18.8. The average Bonchev–Trinajstić information content (AvgIpc) is 3.07. The number of aliphatic hydroxyl groups excluding tert-OH is 2. The number of nitrogens with one attached hydrogen (secondary N) is 1. The van der Waals surface area contributed by atoms with Crippen molar-refractivity contribution in [2.75, 3.05) is 24.5 Å². The molecule has 1 aromatic rings. The van der Waals surface area contributed by atoms with Gasteiger partial charge in [-0.3, -0.25) is 4.72 Å². The number of halogens is 1. The molecule has 31 heavy (non-hydrogen) atoms. The van der Waals surface area contributed by atoms with Gasteiger partial charge in [0.2, 0.25) is 10.0 Å². The quantitative estimate of drug-likeness (QED) is 0.506. The maximum atomic E-state index is 13.2. The van der Waals surface area contributed by atoms with Crippen LogP contribution in [-0.2, 0) is 29.0 Å². The van der Waals surface area contributed by atoms with Crippen molar-refractivity contribution in [2.45, 2.75) is 49.9 Å². The van der Waals surface area contributed by atoms with Crippen LogP contribution >= 0.6 is 11.6 Å². The van der Waals surface area contributed by atoms with Crippen molar-refractivity contribution in [3.63, 3.8) is 0 Å². The molecule has 3 N–H and O–H groups in total. The number of sulfonamides is 1. The molecule has 1 aromatic carbocycles. The summed E-state index contributed by atoms with van der Waals surface area (Å²) in [5.41, 5.74) is 0.927. The van der Waals surface area contributed by atoms with Crippen molar-refractivity contribution in [3.8, 4) is 0 Å². The van der Waals surface area contributed by atoms with Gasteiger partial charge in [-0.1, -0.05) is 17.7 Å². The predicted molar refractivity (Wildman–Crippen MR) is 113 cm³/mol. The fourth-order valence-electron chi connectivity index (χ4n) is 3.73. The Morgan fingerprint density at radius 1 is 1.29 bits per heavy atom. The van der Waals surface area contributed by atoms with E-state index in [-0.39, 0.29) is 35.7 Å². The van der Waals surface area contributed by atoms with E-state index < -0.39 is 52.5 Å². The number of aryl methyl sites for hydroxylation is 1. The van der Waals surface area contributed by atoms with Crippen molar-refractivity contribution < 1.29 is 37.6 Å². The van der Waals surface area contributed by atoms with Crippen LogP contribution in [0.5, 0.6) is 0 Å². The first-order valence-corrected chi connectivity index (χ1v) is 11.8. The van der Waals surface area contributed by atoms with Crippen molar-refractivity contribution in [1.29, 1.82) is 0 Å². The molecule has 11 heteroatoms. The Morgan fingerprint density at radius 2 is 1.94 bits per heavy atom. The molecule has 1 aliphatic heterocycles. The zero-order valence-electron chi connectivity index (χ0n) is 17.2. The molecule has 9 nitrogen and oxygen atoms in total. The van der Waals surface area contributed by atoms with Crippen molar-refractivity contribution in [2.24, 2.45) is 0 Å². The van der Waals surface area contributed by atoms with Gasteiger partial charge < -0.3 is 24.4 Å². The van der Waals surface area contributed by atoms with E-state index in [1.165, 1.54) is 6.08 Å². The first kappa shape index (κ1) is 24.0. The molecule has 0 amide bonds. The van der Waals surface area contributed by atoms with Crippen LogP contribution in [0.3, 0.4) is 0 Å². The maximum absolute atomic E-state index is 13.2. The van der Waals surface area contributed by atoms with E-state index in [1.54, 1.807) is 25.1 Å². The largest absolute Gasteiger partial charge is 0.463 e. The molecule has 172 valence electrons. The molecule has 1 fully saturated rings. The molecule has 2 aliphatic rings. The zero-order chi connectivity index (χ0) is 22.8. The number of anilines is 1. The first-order chi connectivity index (χ1) is 14.6. The van der Waals surface area contributed by atoms with Crippen LogP contribution in [0.25, 0.3) is 0 Å². The number of hydrogen-bond acceptors (Lipinski definition) is 8. The Balaban J connectivity index is 1.95. The molecule has 0 saturated carbocycles. The van der Waals surface area contributed by atoms with Crippen molar-refractivity contribution in [1.82, 2.24) is 0 Å². The fraction of sp³-hybridized carbons (Fsp3) is 0.550. The molecule has 1 unspecified atom stereocenters. The molecule has 0 radical (unpaired) electrons. The highest BCUT2D eigenvalue weighted by atomic mass is 35.5. The second kappa shape index (κ2) is 9.43. The summed E-state index contributed by atoms with van der Waals surface area (Å²) >= 11 is 6.17. The van der Waals surface area contributed by atoms with E-state index in [4.69, 9.17) is 25.8 Å². The van der Waals surface area contributed by atoms with Gasteiger partial charge in [-0.15, -0.1) is 0 Å². The molecular formula is C20H26ClNO8S. The molecule has 3 atom stereocenters. The van der Waals surface area contributed by atoms with Crippen LogP contribution in [-0.4, -0.2) is 67.7 Å². The number of esters is 1. The van der Waals surface area contributed by atoms with Gasteiger partial charge >= 0.3 is 5.97 Å². The van der Waals surface area contributed by atoms with Crippen molar-refractivity contribution >= 4 is 33.3 Å². The Morgan fingerprint density at radius 3 is 2.48 bits per heavy atom. The van der Waals surface area contributed by atoms with Gasteiger partial charge in [0.1, 0.15) is 17.5 Å². The van der Waals surface area contributed by atoms with Gasteiger partial charge in [0.05, 0.1) is 36.1 Å². The molecule has 1 spiro atoms. The second-order valence-corrected chi connectivity index (χ2v) is 9.74. The molecule has 1 saturated heterocycles. The lowest BCUT2D eigenvalue weighted by Gasteiger charge is -2.33.